The van der Waals surface area contributed by atoms with Gasteiger partial charge in [0.2, 0.25) is 0 Å². The van der Waals surface area contributed by atoms with Crippen LogP contribution < -0.4 is 9.62 Å². The predicted octanol–water partition coefficient (Wildman–Crippen LogP) is 2.93. The van der Waals surface area contributed by atoms with E-state index in [4.69, 9.17) is 0 Å². The van der Waals surface area contributed by atoms with Crippen LogP contribution in [0.5, 0.6) is 0 Å². The molecule has 26 heavy (non-hydrogen) atoms. The number of para-hydroxylation sites is 1. The highest BCUT2D eigenvalue weighted by Crippen LogP contribution is 2.33. The quantitative estimate of drug-likeness (QED) is 0.635. The van der Waals surface area contributed by atoms with Gasteiger partial charge in [0.1, 0.15) is 0 Å². The summed E-state index contributed by atoms with van der Waals surface area (Å²) in [6.07, 6.45) is 0. The molecule has 0 aromatic heterocycles. The number of halogens is 1. The molecule has 0 amide bonds. The highest BCUT2D eigenvalue weighted by atomic mass is 35.5. The van der Waals surface area contributed by atoms with Crippen LogP contribution in [0.1, 0.15) is 16.7 Å². The zero-order valence-corrected chi connectivity index (χ0v) is 16.1. The van der Waals surface area contributed by atoms with Gasteiger partial charge in [-0.2, -0.15) is 0 Å². The first kappa shape index (κ1) is 20.2. The van der Waals surface area contributed by atoms with Crippen LogP contribution in [0.3, 0.4) is 0 Å². The molecule has 0 atom stereocenters. The van der Waals surface area contributed by atoms with Gasteiger partial charge in [0.15, 0.2) is 4.90 Å². The normalized spacial score (nSPS) is 14.2. The molecule has 0 saturated carbocycles. The SMILES string of the molecule is Cc1cc([N+](=O)[O-])c(S(=O)(=O)N2CCNCc3ccccc32)cc1C.Cl. The van der Waals surface area contributed by atoms with Crippen molar-refractivity contribution in [2.45, 2.75) is 25.3 Å². The van der Waals surface area contributed by atoms with E-state index in [1.807, 2.05) is 12.1 Å². The number of hydrogen-bond acceptors (Lipinski definition) is 5. The molecule has 9 heteroatoms. The Morgan fingerprint density at radius 1 is 1.15 bits per heavy atom. The lowest BCUT2D eigenvalue weighted by molar-refractivity contribution is -0.387. The van der Waals surface area contributed by atoms with Crippen molar-refractivity contribution < 1.29 is 13.3 Å². The highest BCUT2D eigenvalue weighted by molar-refractivity contribution is 7.93. The Bertz CT molecular complexity index is 947. The van der Waals surface area contributed by atoms with Gasteiger partial charge < -0.3 is 5.32 Å². The average Bonchev–Trinajstić information content (AvgIpc) is 2.79. The number of nitro benzene ring substituents is 1. The molecule has 140 valence electrons. The molecule has 2 aromatic rings. The molecule has 0 unspecified atom stereocenters. The first-order chi connectivity index (χ1) is 11.8. The monoisotopic (exact) mass is 397 g/mol. The Labute approximate surface area is 158 Å². The number of rotatable bonds is 3. The van der Waals surface area contributed by atoms with Gasteiger partial charge in [-0.3, -0.25) is 14.4 Å². The van der Waals surface area contributed by atoms with Crippen LogP contribution in [0, 0.1) is 24.0 Å². The van der Waals surface area contributed by atoms with E-state index in [0.717, 1.165) is 5.56 Å². The summed E-state index contributed by atoms with van der Waals surface area (Å²) in [6, 6.07) is 9.91. The smallest absolute Gasteiger partial charge is 0.290 e. The van der Waals surface area contributed by atoms with Gasteiger partial charge in [-0.05, 0) is 42.7 Å². The predicted molar refractivity (Wildman–Crippen MR) is 102 cm³/mol. The van der Waals surface area contributed by atoms with E-state index in [9.17, 15) is 18.5 Å². The summed E-state index contributed by atoms with van der Waals surface area (Å²) in [4.78, 5) is 10.5. The van der Waals surface area contributed by atoms with Crippen LogP contribution in [0.15, 0.2) is 41.3 Å². The topological polar surface area (TPSA) is 92.5 Å². The lowest BCUT2D eigenvalue weighted by atomic mass is 10.1. The Morgan fingerprint density at radius 3 is 2.50 bits per heavy atom. The summed E-state index contributed by atoms with van der Waals surface area (Å²) in [5.74, 6) is 0. The molecule has 1 aliphatic rings. The third-order valence-corrected chi connectivity index (χ3v) is 6.25. The molecular weight excluding hydrogens is 378 g/mol. The molecule has 0 fully saturated rings. The van der Waals surface area contributed by atoms with E-state index in [-0.39, 0.29) is 23.8 Å². The van der Waals surface area contributed by atoms with Crippen molar-refractivity contribution in [1.82, 2.24) is 5.32 Å². The number of nitrogens with one attached hydrogen (secondary N) is 1. The van der Waals surface area contributed by atoms with E-state index in [2.05, 4.69) is 5.32 Å². The van der Waals surface area contributed by atoms with Crippen LogP contribution in [-0.4, -0.2) is 26.4 Å². The highest BCUT2D eigenvalue weighted by Gasteiger charge is 2.34. The second-order valence-corrected chi connectivity index (χ2v) is 7.87. The fourth-order valence-corrected chi connectivity index (χ4v) is 4.65. The third-order valence-electron chi connectivity index (χ3n) is 4.41. The molecule has 3 rings (SSSR count). The van der Waals surface area contributed by atoms with E-state index in [1.54, 1.807) is 26.0 Å². The van der Waals surface area contributed by atoms with E-state index < -0.39 is 20.6 Å². The summed E-state index contributed by atoms with van der Waals surface area (Å²) < 4.78 is 27.8. The molecule has 7 nitrogen and oxygen atoms in total. The van der Waals surface area contributed by atoms with Gasteiger partial charge in [-0.15, -0.1) is 12.4 Å². The summed E-state index contributed by atoms with van der Waals surface area (Å²) in [5.41, 5.74) is 2.39. The van der Waals surface area contributed by atoms with Crippen molar-refractivity contribution in [1.29, 1.82) is 0 Å². The second kappa shape index (κ2) is 7.61. The van der Waals surface area contributed by atoms with Gasteiger partial charge in [0, 0.05) is 25.7 Å². The van der Waals surface area contributed by atoms with Crippen LogP contribution in [0.25, 0.3) is 0 Å². The van der Waals surface area contributed by atoms with E-state index in [0.29, 0.717) is 29.9 Å². The summed E-state index contributed by atoms with van der Waals surface area (Å²) >= 11 is 0. The first-order valence-corrected chi connectivity index (χ1v) is 9.33. The van der Waals surface area contributed by atoms with Gasteiger partial charge in [-0.1, -0.05) is 18.2 Å². The molecule has 1 N–H and O–H groups in total. The molecule has 1 heterocycles. The zero-order valence-electron chi connectivity index (χ0n) is 14.4. The maximum absolute atomic E-state index is 13.3. The maximum Gasteiger partial charge on any atom is 0.290 e. The van der Waals surface area contributed by atoms with Crippen molar-refractivity contribution in [3.63, 3.8) is 0 Å². The number of benzene rings is 2. The van der Waals surface area contributed by atoms with Crippen molar-refractivity contribution in [2.75, 3.05) is 17.4 Å². The fraction of sp³-hybridized carbons (Fsp3) is 0.294. The first-order valence-electron chi connectivity index (χ1n) is 7.89. The molecule has 1 aliphatic heterocycles. The second-order valence-electron chi connectivity index (χ2n) is 6.04. The minimum absolute atomic E-state index is 0. The third kappa shape index (κ3) is 3.53. The largest absolute Gasteiger partial charge is 0.311 e. The van der Waals surface area contributed by atoms with Crippen molar-refractivity contribution >= 4 is 33.8 Å². The standard InChI is InChI=1S/C17H19N3O4S.ClH/c1-12-9-16(20(21)22)17(10-13(12)2)25(23,24)19-8-7-18-11-14-5-3-4-6-15(14)19;/h3-6,9-10,18H,7-8,11H2,1-2H3;1H. The van der Waals surface area contributed by atoms with Gasteiger partial charge in [0.05, 0.1) is 10.6 Å². The average molecular weight is 398 g/mol. The number of nitro groups is 1. The van der Waals surface area contributed by atoms with Crippen LogP contribution in [0.2, 0.25) is 0 Å². The molecule has 0 saturated heterocycles. The number of anilines is 1. The van der Waals surface area contributed by atoms with Gasteiger partial charge >= 0.3 is 0 Å². The number of hydrogen-bond donors (Lipinski definition) is 1. The fourth-order valence-electron chi connectivity index (χ4n) is 2.92. The molecular formula is C17H20ClN3O4S. The number of nitrogens with zero attached hydrogens (tertiary/aromatic N) is 2. The Hall–Kier alpha value is -2.16. The Balaban J connectivity index is 0.00000243. The minimum atomic E-state index is -4.06. The van der Waals surface area contributed by atoms with Gasteiger partial charge in [0.25, 0.3) is 15.7 Å². The maximum atomic E-state index is 13.3. The Kier molecular flexibility index (Phi) is 5.90. The van der Waals surface area contributed by atoms with Crippen LogP contribution >= 0.6 is 12.4 Å². The summed E-state index contributed by atoms with van der Waals surface area (Å²) in [5, 5.41) is 14.6. The number of aryl methyl sites for hydroxylation is 2. The lowest BCUT2D eigenvalue weighted by Crippen LogP contribution is -2.35. The summed E-state index contributed by atoms with van der Waals surface area (Å²) in [7, 11) is -4.06. The number of fused-ring (bicyclic) bond motifs is 1. The Morgan fingerprint density at radius 2 is 1.81 bits per heavy atom. The molecule has 0 aliphatic carbocycles. The number of sulfonamides is 1. The molecule has 0 spiro atoms. The molecule has 2 aromatic carbocycles. The summed E-state index contributed by atoms with van der Waals surface area (Å²) in [6.45, 7) is 4.70. The van der Waals surface area contributed by atoms with E-state index >= 15 is 0 Å². The van der Waals surface area contributed by atoms with Crippen LogP contribution in [-0.2, 0) is 16.6 Å². The lowest BCUT2D eigenvalue weighted by Gasteiger charge is -2.24. The molecule has 0 bridgehead atoms. The zero-order chi connectivity index (χ0) is 18.2. The van der Waals surface area contributed by atoms with E-state index in [1.165, 1.54) is 16.4 Å². The molecule has 0 radical (unpaired) electrons. The van der Waals surface area contributed by atoms with Gasteiger partial charge in [-0.25, -0.2) is 8.42 Å². The van der Waals surface area contributed by atoms with Crippen molar-refractivity contribution in [3.05, 3.63) is 63.2 Å². The minimum Gasteiger partial charge on any atom is -0.311 e. The van der Waals surface area contributed by atoms with Crippen molar-refractivity contribution in [2.24, 2.45) is 0 Å². The van der Waals surface area contributed by atoms with Crippen molar-refractivity contribution in [3.8, 4) is 0 Å². The van der Waals surface area contributed by atoms with Crippen LogP contribution in [0.4, 0.5) is 11.4 Å².